The topological polar surface area (TPSA) is 18.5 Å². The molecule has 0 saturated carbocycles. The van der Waals surface area contributed by atoms with E-state index in [9.17, 15) is 0 Å². The molecule has 0 radical (unpaired) electrons. The van der Waals surface area contributed by atoms with Gasteiger partial charge in [-0.2, -0.15) is 0 Å². The monoisotopic (exact) mass is 268 g/mol. The molecule has 0 aromatic carbocycles. The third-order valence-electron chi connectivity index (χ3n) is 2.50. The molecule has 0 N–H and O–H groups in total. The zero-order valence-electron chi connectivity index (χ0n) is 6.51. The first-order valence-electron chi connectivity index (χ1n) is 4.17. The number of ether oxygens (including phenoxy) is 2. The largest absolute Gasteiger partial charge is 0.378 e. The van der Waals surface area contributed by atoms with E-state index >= 15 is 0 Å². The summed E-state index contributed by atoms with van der Waals surface area (Å²) in [6, 6.07) is 0. The van der Waals surface area contributed by atoms with E-state index in [-0.39, 0.29) is 5.60 Å². The van der Waals surface area contributed by atoms with Gasteiger partial charge >= 0.3 is 0 Å². The van der Waals surface area contributed by atoms with Crippen molar-refractivity contribution in [2.45, 2.75) is 28.8 Å². The molecule has 2 aliphatic rings. The second-order valence-electron chi connectivity index (χ2n) is 3.42. The molecule has 2 rings (SSSR count). The molecule has 2 saturated heterocycles. The molecular weight excluding hydrogens is 255 g/mol. The van der Waals surface area contributed by atoms with Crippen molar-refractivity contribution in [1.82, 2.24) is 0 Å². The van der Waals surface area contributed by atoms with E-state index in [2.05, 4.69) is 22.6 Å². The molecule has 3 heteroatoms. The van der Waals surface area contributed by atoms with Crippen molar-refractivity contribution in [3.63, 3.8) is 0 Å². The summed E-state index contributed by atoms with van der Waals surface area (Å²) in [5, 5.41) is 0. The lowest BCUT2D eigenvalue weighted by Gasteiger charge is -2.34. The van der Waals surface area contributed by atoms with Gasteiger partial charge in [-0.3, -0.25) is 0 Å². The highest BCUT2D eigenvalue weighted by Gasteiger charge is 2.40. The summed E-state index contributed by atoms with van der Waals surface area (Å²) in [6.45, 7) is 2.65. The van der Waals surface area contributed by atoms with Gasteiger partial charge in [-0.15, -0.1) is 0 Å². The standard InChI is InChI=1S/C8H13IO2/c9-7-1-3-11-8(5-7)2-4-10-6-8/h7H,1-6H2. The molecule has 2 unspecified atom stereocenters. The van der Waals surface area contributed by atoms with Crippen LogP contribution < -0.4 is 0 Å². The van der Waals surface area contributed by atoms with Gasteiger partial charge in [-0.05, 0) is 12.8 Å². The van der Waals surface area contributed by atoms with Crippen LogP contribution in [0.3, 0.4) is 0 Å². The highest BCUT2D eigenvalue weighted by Crippen LogP contribution is 2.35. The van der Waals surface area contributed by atoms with Crippen LogP contribution >= 0.6 is 22.6 Å². The maximum Gasteiger partial charge on any atom is 0.0946 e. The van der Waals surface area contributed by atoms with Gasteiger partial charge in [0.1, 0.15) is 0 Å². The molecule has 0 aromatic heterocycles. The Morgan fingerprint density at radius 1 is 1.36 bits per heavy atom. The summed E-state index contributed by atoms with van der Waals surface area (Å²) in [7, 11) is 0. The first kappa shape index (κ1) is 8.26. The molecule has 0 amide bonds. The molecule has 2 nitrogen and oxygen atoms in total. The molecule has 11 heavy (non-hydrogen) atoms. The van der Waals surface area contributed by atoms with Crippen molar-refractivity contribution in [3.05, 3.63) is 0 Å². The predicted octanol–water partition coefficient (Wildman–Crippen LogP) is 1.76. The van der Waals surface area contributed by atoms with E-state index in [1.165, 1.54) is 12.8 Å². The molecule has 2 atom stereocenters. The Morgan fingerprint density at radius 2 is 2.27 bits per heavy atom. The van der Waals surface area contributed by atoms with Gasteiger partial charge in [0.2, 0.25) is 0 Å². The number of alkyl halides is 1. The maximum absolute atomic E-state index is 5.77. The first-order valence-corrected chi connectivity index (χ1v) is 5.41. The van der Waals surface area contributed by atoms with Gasteiger partial charge < -0.3 is 9.47 Å². The molecular formula is C8H13IO2. The molecule has 2 fully saturated rings. The van der Waals surface area contributed by atoms with E-state index in [4.69, 9.17) is 9.47 Å². The average molecular weight is 268 g/mol. The van der Waals surface area contributed by atoms with Crippen LogP contribution in [0.25, 0.3) is 0 Å². The summed E-state index contributed by atoms with van der Waals surface area (Å²) in [4.78, 5) is 0. The average Bonchev–Trinajstić information content (AvgIpc) is 2.37. The summed E-state index contributed by atoms with van der Waals surface area (Å²) in [6.07, 6.45) is 3.50. The Labute approximate surface area is 80.8 Å². The summed E-state index contributed by atoms with van der Waals surface area (Å²) >= 11 is 2.52. The van der Waals surface area contributed by atoms with Crippen LogP contribution in [-0.4, -0.2) is 29.3 Å². The lowest BCUT2D eigenvalue weighted by molar-refractivity contribution is -0.0753. The van der Waals surface area contributed by atoms with Gasteiger partial charge in [-0.1, -0.05) is 22.6 Å². The minimum absolute atomic E-state index is 0.115. The third kappa shape index (κ3) is 1.70. The fraction of sp³-hybridized carbons (Fsp3) is 1.00. The van der Waals surface area contributed by atoms with Crippen LogP contribution in [-0.2, 0) is 9.47 Å². The fourth-order valence-electron chi connectivity index (χ4n) is 1.83. The molecule has 2 aliphatic heterocycles. The van der Waals surface area contributed by atoms with Crippen LogP contribution in [0.1, 0.15) is 19.3 Å². The minimum atomic E-state index is 0.115. The molecule has 64 valence electrons. The van der Waals surface area contributed by atoms with Crippen molar-refractivity contribution in [1.29, 1.82) is 0 Å². The van der Waals surface area contributed by atoms with E-state index in [0.717, 1.165) is 30.2 Å². The maximum atomic E-state index is 5.77. The SMILES string of the molecule is IC1CCOC2(CCOC2)C1. The van der Waals surface area contributed by atoms with Gasteiger partial charge in [0.25, 0.3) is 0 Å². The quantitative estimate of drug-likeness (QED) is 0.492. The van der Waals surface area contributed by atoms with E-state index < -0.39 is 0 Å². The molecule has 0 aliphatic carbocycles. The van der Waals surface area contributed by atoms with Gasteiger partial charge in [0, 0.05) is 23.6 Å². The van der Waals surface area contributed by atoms with E-state index in [1.807, 2.05) is 0 Å². The molecule has 0 bridgehead atoms. The van der Waals surface area contributed by atoms with Crippen molar-refractivity contribution in [2.75, 3.05) is 19.8 Å². The summed E-state index contributed by atoms with van der Waals surface area (Å²) in [5.41, 5.74) is 0.115. The van der Waals surface area contributed by atoms with Gasteiger partial charge in [0.15, 0.2) is 0 Å². The van der Waals surface area contributed by atoms with Crippen LogP contribution in [0, 0.1) is 0 Å². The zero-order valence-corrected chi connectivity index (χ0v) is 8.67. The Kier molecular flexibility index (Phi) is 2.39. The van der Waals surface area contributed by atoms with Crippen LogP contribution in [0.4, 0.5) is 0 Å². The van der Waals surface area contributed by atoms with Crippen molar-refractivity contribution < 1.29 is 9.47 Å². The smallest absolute Gasteiger partial charge is 0.0946 e. The number of halogens is 1. The second-order valence-corrected chi connectivity index (χ2v) is 5.19. The molecule has 2 heterocycles. The Morgan fingerprint density at radius 3 is 2.91 bits per heavy atom. The molecule has 1 spiro atoms. The summed E-state index contributed by atoms with van der Waals surface area (Å²) < 4.78 is 11.9. The normalized spacial score (nSPS) is 45.0. The van der Waals surface area contributed by atoms with Crippen molar-refractivity contribution in [3.8, 4) is 0 Å². The third-order valence-corrected chi connectivity index (χ3v) is 3.56. The van der Waals surface area contributed by atoms with Gasteiger partial charge in [-0.25, -0.2) is 0 Å². The minimum Gasteiger partial charge on any atom is -0.378 e. The van der Waals surface area contributed by atoms with Crippen LogP contribution in [0.15, 0.2) is 0 Å². The Hall–Kier alpha value is 0.650. The van der Waals surface area contributed by atoms with Gasteiger partial charge in [0.05, 0.1) is 12.2 Å². The van der Waals surface area contributed by atoms with E-state index in [0.29, 0.717) is 0 Å². The van der Waals surface area contributed by atoms with Crippen LogP contribution in [0.2, 0.25) is 0 Å². The zero-order chi connectivity index (χ0) is 7.73. The van der Waals surface area contributed by atoms with Crippen LogP contribution in [0.5, 0.6) is 0 Å². The summed E-state index contributed by atoms with van der Waals surface area (Å²) in [5.74, 6) is 0. The van der Waals surface area contributed by atoms with Crippen molar-refractivity contribution >= 4 is 22.6 Å². The number of hydrogen-bond donors (Lipinski definition) is 0. The predicted molar refractivity (Wildman–Crippen MR) is 51.2 cm³/mol. The molecule has 0 aromatic rings. The number of hydrogen-bond acceptors (Lipinski definition) is 2. The number of rotatable bonds is 0. The highest BCUT2D eigenvalue weighted by atomic mass is 127. The van der Waals surface area contributed by atoms with E-state index in [1.54, 1.807) is 0 Å². The second kappa shape index (κ2) is 3.18. The Balaban J connectivity index is 2.00. The van der Waals surface area contributed by atoms with Crippen molar-refractivity contribution in [2.24, 2.45) is 0 Å². The lowest BCUT2D eigenvalue weighted by atomic mass is 9.93. The highest BCUT2D eigenvalue weighted by molar-refractivity contribution is 14.1. The Bertz CT molecular complexity index is 143. The first-order chi connectivity index (χ1) is 5.31. The lowest BCUT2D eigenvalue weighted by Crippen LogP contribution is -2.40. The fourth-order valence-corrected chi connectivity index (χ4v) is 2.89.